The summed E-state index contributed by atoms with van der Waals surface area (Å²) in [6.07, 6.45) is 1.22. The molecule has 126 valence electrons. The summed E-state index contributed by atoms with van der Waals surface area (Å²) in [7, 11) is 0. The molecule has 0 aliphatic heterocycles. The fourth-order valence-electron chi connectivity index (χ4n) is 1.92. The molecule has 9 heteroatoms. The highest BCUT2D eigenvalue weighted by molar-refractivity contribution is 5.85. The third kappa shape index (κ3) is 4.57. The maximum atomic E-state index is 11.8. The normalized spacial score (nSPS) is 10.7. The maximum Gasteiger partial charge on any atom is 0.341 e. The Balaban J connectivity index is 1.97. The number of nitrogens with zero attached hydrogens (tertiary/aromatic N) is 1. The molecule has 2 rings (SSSR count). The average Bonchev–Trinajstić information content (AvgIpc) is 2.86. The molecule has 0 saturated carbocycles. The number of hydrazone groups is 1. The predicted molar refractivity (Wildman–Crippen MR) is 85.2 cm³/mol. The number of aromatic nitrogens is 2. The van der Waals surface area contributed by atoms with Gasteiger partial charge in [-0.3, -0.25) is 14.7 Å². The first-order chi connectivity index (χ1) is 11.5. The summed E-state index contributed by atoms with van der Waals surface area (Å²) in [6.45, 7) is 1.20. The van der Waals surface area contributed by atoms with Gasteiger partial charge in [-0.05, 0) is 19.1 Å². The molecular weight excluding hydrogens is 316 g/mol. The van der Waals surface area contributed by atoms with Crippen molar-refractivity contribution in [3.63, 3.8) is 0 Å². The molecular formula is C15H16N4O5. The SMILES string of the molecule is Cc1[nH][nH]c(=O)c1CC(=O)N/N=C\c1ccccc1OCC(=O)O. The van der Waals surface area contributed by atoms with E-state index in [1.165, 1.54) is 6.21 Å². The van der Waals surface area contributed by atoms with Gasteiger partial charge in [-0.15, -0.1) is 0 Å². The van der Waals surface area contributed by atoms with Gasteiger partial charge in [-0.25, -0.2) is 10.2 Å². The van der Waals surface area contributed by atoms with Crippen molar-refractivity contribution >= 4 is 18.1 Å². The molecule has 0 fully saturated rings. The first-order valence-electron chi connectivity index (χ1n) is 6.99. The first-order valence-corrected chi connectivity index (χ1v) is 6.99. The van der Waals surface area contributed by atoms with Gasteiger partial charge in [0.2, 0.25) is 5.91 Å². The second kappa shape index (κ2) is 7.77. The van der Waals surface area contributed by atoms with E-state index in [4.69, 9.17) is 9.84 Å². The van der Waals surface area contributed by atoms with Gasteiger partial charge in [0.15, 0.2) is 6.61 Å². The molecule has 1 aromatic carbocycles. The highest BCUT2D eigenvalue weighted by Gasteiger charge is 2.10. The molecule has 24 heavy (non-hydrogen) atoms. The van der Waals surface area contributed by atoms with Crippen LogP contribution >= 0.6 is 0 Å². The van der Waals surface area contributed by atoms with Crippen LogP contribution in [0, 0.1) is 6.92 Å². The Labute approximate surface area is 136 Å². The fourth-order valence-corrected chi connectivity index (χ4v) is 1.92. The van der Waals surface area contributed by atoms with Crippen LogP contribution in [0.5, 0.6) is 5.75 Å². The Morgan fingerprint density at radius 2 is 2.08 bits per heavy atom. The Morgan fingerprint density at radius 3 is 2.75 bits per heavy atom. The number of para-hydroxylation sites is 1. The second-order valence-electron chi connectivity index (χ2n) is 4.87. The van der Waals surface area contributed by atoms with E-state index in [2.05, 4.69) is 20.7 Å². The Kier molecular flexibility index (Phi) is 5.50. The van der Waals surface area contributed by atoms with E-state index in [9.17, 15) is 14.4 Å². The molecule has 2 aromatic rings. The van der Waals surface area contributed by atoms with Gasteiger partial charge in [-0.1, -0.05) is 12.1 Å². The van der Waals surface area contributed by atoms with Crippen molar-refractivity contribution in [2.24, 2.45) is 5.10 Å². The van der Waals surface area contributed by atoms with Crippen LogP contribution in [0.4, 0.5) is 0 Å². The lowest BCUT2D eigenvalue weighted by Crippen LogP contribution is -2.23. The average molecular weight is 332 g/mol. The number of benzene rings is 1. The van der Waals surface area contributed by atoms with Crippen LogP contribution in [0.1, 0.15) is 16.8 Å². The van der Waals surface area contributed by atoms with Crippen LogP contribution in [0.3, 0.4) is 0 Å². The first kappa shape index (κ1) is 17.0. The number of H-pyrrole nitrogens is 2. The smallest absolute Gasteiger partial charge is 0.341 e. The standard InChI is InChI=1S/C15H16N4O5/c1-9-11(15(23)19-17-9)6-13(20)18-16-7-10-4-2-3-5-12(10)24-8-14(21)22/h2-5,7H,6,8H2,1H3,(H,18,20)(H,21,22)(H2,17,19,23)/b16-7-. The minimum atomic E-state index is -1.10. The van der Waals surface area contributed by atoms with Crippen molar-refractivity contribution in [3.8, 4) is 5.75 Å². The Hall–Kier alpha value is -3.36. The van der Waals surface area contributed by atoms with E-state index in [0.717, 1.165) is 0 Å². The molecule has 0 radical (unpaired) electrons. The molecule has 1 aromatic heterocycles. The number of carbonyl (C=O) groups is 2. The summed E-state index contributed by atoms with van der Waals surface area (Å²) < 4.78 is 5.12. The highest BCUT2D eigenvalue weighted by Crippen LogP contribution is 2.15. The lowest BCUT2D eigenvalue weighted by Gasteiger charge is -2.06. The molecule has 0 bridgehead atoms. The Morgan fingerprint density at radius 1 is 1.33 bits per heavy atom. The molecule has 0 atom stereocenters. The van der Waals surface area contributed by atoms with Crippen LogP contribution in [0.25, 0.3) is 0 Å². The minimum absolute atomic E-state index is 0.112. The number of ether oxygens (including phenoxy) is 1. The van der Waals surface area contributed by atoms with Gasteiger partial charge in [-0.2, -0.15) is 5.10 Å². The number of hydrogen-bond acceptors (Lipinski definition) is 5. The number of rotatable bonds is 7. The molecule has 0 saturated heterocycles. The summed E-state index contributed by atoms with van der Waals surface area (Å²) >= 11 is 0. The third-order valence-corrected chi connectivity index (χ3v) is 3.09. The molecule has 0 unspecified atom stereocenters. The number of aliphatic carboxylic acids is 1. The van der Waals surface area contributed by atoms with Crippen molar-refractivity contribution in [1.82, 2.24) is 15.6 Å². The third-order valence-electron chi connectivity index (χ3n) is 3.09. The van der Waals surface area contributed by atoms with E-state index >= 15 is 0 Å². The van der Waals surface area contributed by atoms with Gasteiger partial charge in [0.1, 0.15) is 5.75 Å². The van der Waals surface area contributed by atoms with Gasteiger partial charge in [0, 0.05) is 16.8 Å². The van der Waals surface area contributed by atoms with Crippen LogP contribution in [-0.2, 0) is 16.0 Å². The van der Waals surface area contributed by atoms with Crippen LogP contribution < -0.4 is 15.7 Å². The summed E-state index contributed by atoms with van der Waals surface area (Å²) in [4.78, 5) is 33.8. The number of carboxylic acids is 1. The number of carbonyl (C=O) groups excluding carboxylic acids is 1. The number of aryl methyl sites for hydroxylation is 1. The number of nitrogens with one attached hydrogen (secondary N) is 3. The fraction of sp³-hybridized carbons (Fsp3) is 0.200. The molecule has 1 heterocycles. The largest absolute Gasteiger partial charge is 0.481 e. The summed E-state index contributed by atoms with van der Waals surface area (Å²) in [5, 5.41) is 17.5. The van der Waals surface area contributed by atoms with Crippen LogP contribution in [0.2, 0.25) is 0 Å². The van der Waals surface area contributed by atoms with Crippen LogP contribution in [-0.4, -0.2) is 40.0 Å². The van der Waals surface area contributed by atoms with Crippen LogP contribution in [0.15, 0.2) is 34.2 Å². The van der Waals surface area contributed by atoms with Gasteiger partial charge in [0.25, 0.3) is 5.56 Å². The molecule has 9 nitrogen and oxygen atoms in total. The number of aromatic amines is 2. The number of amides is 1. The van der Waals surface area contributed by atoms with Gasteiger partial charge < -0.3 is 14.9 Å². The lowest BCUT2D eigenvalue weighted by atomic mass is 10.2. The molecule has 0 aliphatic rings. The zero-order valence-corrected chi connectivity index (χ0v) is 12.8. The second-order valence-corrected chi connectivity index (χ2v) is 4.87. The minimum Gasteiger partial charge on any atom is -0.481 e. The summed E-state index contributed by atoms with van der Waals surface area (Å²) in [6, 6.07) is 6.66. The van der Waals surface area contributed by atoms with Crippen molar-refractivity contribution < 1.29 is 19.4 Å². The summed E-state index contributed by atoms with van der Waals surface area (Å²) in [5.74, 6) is -1.22. The number of carboxylic acid groups (broad SMARTS) is 1. The monoisotopic (exact) mass is 332 g/mol. The lowest BCUT2D eigenvalue weighted by molar-refractivity contribution is -0.139. The zero-order chi connectivity index (χ0) is 17.5. The van der Waals surface area contributed by atoms with E-state index in [-0.39, 0.29) is 12.0 Å². The topological polar surface area (TPSA) is 137 Å². The molecule has 1 amide bonds. The van der Waals surface area contributed by atoms with Gasteiger partial charge in [0.05, 0.1) is 12.6 Å². The summed E-state index contributed by atoms with van der Waals surface area (Å²) in [5.41, 5.74) is 3.40. The quantitative estimate of drug-likeness (QED) is 0.423. The molecule has 0 aliphatic carbocycles. The van der Waals surface area contributed by atoms with Crippen molar-refractivity contribution in [2.45, 2.75) is 13.3 Å². The van der Waals surface area contributed by atoms with E-state index in [1.54, 1.807) is 31.2 Å². The number of hydrogen-bond donors (Lipinski definition) is 4. The zero-order valence-electron chi connectivity index (χ0n) is 12.8. The van der Waals surface area contributed by atoms with E-state index < -0.39 is 18.5 Å². The van der Waals surface area contributed by atoms with E-state index in [1.807, 2.05) is 0 Å². The van der Waals surface area contributed by atoms with E-state index in [0.29, 0.717) is 22.6 Å². The highest BCUT2D eigenvalue weighted by atomic mass is 16.5. The van der Waals surface area contributed by atoms with Crippen molar-refractivity contribution in [2.75, 3.05) is 6.61 Å². The van der Waals surface area contributed by atoms with Crippen molar-refractivity contribution in [1.29, 1.82) is 0 Å². The molecule has 4 N–H and O–H groups in total. The van der Waals surface area contributed by atoms with Gasteiger partial charge >= 0.3 is 5.97 Å². The Bertz CT molecular complexity index is 821. The predicted octanol–water partition coefficient (Wildman–Crippen LogP) is 0.168. The van der Waals surface area contributed by atoms with Crippen molar-refractivity contribution in [3.05, 3.63) is 51.4 Å². The molecule has 0 spiro atoms. The maximum absolute atomic E-state index is 11.8.